The summed E-state index contributed by atoms with van der Waals surface area (Å²) in [6, 6.07) is 2.07. The van der Waals surface area contributed by atoms with Gasteiger partial charge in [-0.3, -0.25) is 0 Å². The molecule has 1 N–H and O–H groups in total. The number of hydrogen-bond acceptors (Lipinski definition) is 4. The van der Waals surface area contributed by atoms with Crippen LogP contribution in [0, 0.1) is 5.92 Å². The van der Waals surface area contributed by atoms with Crippen LogP contribution >= 0.6 is 11.8 Å². The fourth-order valence-corrected chi connectivity index (χ4v) is 3.16. The molecule has 1 fully saturated rings. The maximum Gasteiger partial charge on any atom is 0.129 e. The summed E-state index contributed by atoms with van der Waals surface area (Å²) in [5.41, 5.74) is 1.14. The summed E-state index contributed by atoms with van der Waals surface area (Å²) in [5, 5.41) is 3.42. The van der Waals surface area contributed by atoms with E-state index in [1.165, 1.54) is 17.9 Å². The lowest BCUT2D eigenvalue weighted by atomic mass is 10.1. The lowest BCUT2D eigenvalue weighted by Gasteiger charge is -2.10. The van der Waals surface area contributed by atoms with Gasteiger partial charge in [-0.05, 0) is 30.3 Å². The summed E-state index contributed by atoms with van der Waals surface area (Å²) >= 11 is 2.06. The van der Waals surface area contributed by atoms with Crippen molar-refractivity contribution in [1.29, 1.82) is 0 Å². The largest absolute Gasteiger partial charge is 0.370 e. The summed E-state index contributed by atoms with van der Waals surface area (Å²) in [7, 11) is 0. The summed E-state index contributed by atoms with van der Waals surface area (Å²) < 4.78 is 0. The summed E-state index contributed by atoms with van der Waals surface area (Å²) in [5.74, 6) is 4.40. The Balaban J connectivity index is 1.85. The highest BCUT2D eigenvalue weighted by atomic mass is 32.2. The van der Waals surface area contributed by atoms with Crippen molar-refractivity contribution in [3.05, 3.63) is 18.1 Å². The molecule has 88 valence electrons. The van der Waals surface area contributed by atoms with Gasteiger partial charge in [0.05, 0.1) is 0 Å². The lowest BCUT2D eigenvalue weighted by Crippen LogP contribution is -2.14. The van der Waals surface area contributed by atoms with E-state index in [-0.39, 0.29) is 0 Å². The fourth-order valence-electron chi connectivity index (χ4n) is 1.88. The Kier molecular flexibility index (Phi) is 4.45. The summed E-state index contributed by atoms with van der Waals surface area (Å²) in [6.45, 7) is 3.22. The van der Waals surface area contributed by atoms with E-state index in [1.54, 1.807) is 6.33 Å². The molecule has 1 unspecified atom stereocenters. The van der Waals surface area contributed by atoms with Gasteiger partial charge in [-0.25, -0.2) is 9.97 Å². The highest BCUT2D eigenvalue weighted by Gasteiger charge is 2.14. The number of nitrogens with zero attached hydrogens (tertiary/aromatic N) is 2. The van der Waals surface area contributed by atoms with E-state index in [9.17, 15) is 0 Å². The van der Waals surface area contributed by atoms with Crippen molar-refractivity contribution < 1.29 is 0 Å². The maximum absolute atomic E-state index is 4.25. The molecule has 0 spiro atoms. The third kappa shape index (κ3) is 3.37. The molecule has 0 aromatic carbocycles. The predicted octanol–water partition coefficient (Wildman–Crippen LogP) is 2.59. The first-order valence-corrected chi connectivity index (χ1v) is 7.16. The van der Waals surface area contributed by atoms with Crippen LogP contribution in [0.3, 0.4) is 0 Å². The number of anilines is 1. The van der Waals surface area contributed by atoms with Crippen LogP contribution in [0.2, 0.25) is 0 Å². The molecule has 0 bridgehead atoms. The van der Waals surface area contributed by atoms with Crippen LogP contribution in [-0.4, -0.2) is 28.0 Å². The van der Waals surface area contributed by atoms with Crippen LogP contribution in [0.5, 0.6) is 0 Å². The first-order valence-electron chi connectivity index (χ1n) is 6.01. The van der Waals surface area contributed by atoms with Gasteiger partial charge >= 0.3 is 0 Å². The SMILES string of the molecule is CCCc1cc(NCC2CCSC2)ncn1. The molecule has 1 aliphatic rings. The molecule has 1 aromatic rings. The zero-order valence-corrected chi connectivity index (χ0v) is 10.6. The van der Waals surface area contributed by atoms with Crippen LogP contribution in [0.15, 0.2) is 12.4 Å². The molecular formula is C12H19N3S. The summed E-state index contributed by atoms with van der Waals surface area (Å²) in [4.78, 5) is 8.51. The normalized spacial score (nSPS) is 19.9. The van der Waals surface area contributed by atoms with Gasteiger partial charge < -0.3 is 5.32 Å². The first kappa shape index (κ1) is 11.7. The van der Waals surface area contributed by atoms with Gasteiger partial charge in [0.2, 0.25) is 0 Å². The molecule has 0 saturated carbocycles. The fraction of sp³-hybridized carbons (Fsp3) is 0.667. The van der Waals surface area contributed by atoms with E-state index in [4.69, 9.17) is 0 Å². The van der Waals surface area contributed by atoms with Gasteiger partial charge in [0, 0.05) is 18.3 Å². The third-order valence-corrected chi connectivity index (χ3v) is 4.06. The van der Waals surface area contributed by atoms with Crippen LogP contribution in [0.4, 0.5) is 5.82 Å². The second kappa shape index (κ2) is 6.09. The van der Waals surface area contributed by atoms with E-state index in [0.29, 0.717) is 0 Å². The topological polar surface area (TPSA) is 37.8 Å². The van der Waals surface area contributed by atoms with Crippen molar-refractivity contribution in [2.45, 2.75) is 26.2 Å². The standard InChI is InChI=1S/C12H19N3S/c1-2-3-11-6-12(15-9-14-11)13-7-10-4-5-16-8-10/h6,9-10H,2-5,7-8H2,1H3,(H,13,14,15). The van der Waals surface area contributed by atoms with Gasteiger partial charge in [0.15, 0.2) is 0 Å². The second-order valence-electron chi connectivity index (χ2n) is 4.26. The van der Waals surface area contributed by atoms with Crippen molar-refractivity contribution in [3.8, 4) is 0 Å². The Morgan fingerprint density at radius 2 is 2.44 bits per heavy atom. The van der Waals surface area contributed by atoms with Crippen molar-refractivity contribution in [3.63, 3.8) is 0 Å². The molecule has 0 amide bonds. The Morgan fingerprint density at radius 1 is 1.50 bits per heavy atom. The van der Waals surface area contributed by atoms with E-state index in [2.05, 4.69) is 40.0 Å². The molecule has 3 nitrogen and oxygen atoms in total. The van der Waals surface area contributed by atoms with E-state index in [0.717, 1.165) is 36.8 Å². The molecule has 2 heterocycles. The Bertz CT molecular complexity index is 324. The molecule has 1 aliphatic heterocycles. The average Bonchev–Trinajstić information content (AvgIpc) is 2.80. The van der Waals surface area contributed by atoms with Gasteiger partial charge in [-0.1, -0.05) is 13.3 Å². The zero-order chi connectivity index (χ0) is 11.2. The minimum Gasteiger partial charge on any atom is -0.370 e. The molecule has 0 radical (unpaired) electrons. The van der Waals surface area contributed by atoms with Crippen LogP contribution in [0.1, 0.15) is 25.5 Å². The molecular weight excluding hydrogens is 218 g/mol. The number of thioether (sulfide) groups is 1. The predicted molar refractivity (Wildman–Crippen MR) is 69.9 cm³/mol. The molecule has 1 saturated heterocycles. The molecule has 16 heavy (non-hydrogen) atoms. The molecule has 2 rings (SSSR count). The lowest BCUT2D eigenvalue weighted by molar-refractivity contribution is 0.630. The average molecular weight is 237 g/mol. The third-order valence-electron chi connectivity index (χ3n) is 2.83. The van der Waals surface area contributed by atoms with Crippen LogP contribution in [0.25, 0.3) is 0 Å². The number of aromatic nitrogens is 2. The van der Waals surface area contributed by atoms with E-state index in [1.807, 2.05) is 0 Å². The van der Waals surface area contributed by atoms with Crippen molar-refractivity contribution in [2.24, 2.45) is 5.92 Å². The van der Waals surface area contributed by atoms with Crippen molar-refractivity contribution in [1.82, 2.24) is 9.97 Å². The van der Waals surface area contributed by atoms with Gasteiger partial charge in [0.25, 0.3) is 0 Å². The number of hydrogen-bond donors (Lipinski definition) is 1. The quantitative estimate of drug-likeness (QED) is 0.854. The highest BCUT2D eigenvalue weighted by Crippen LogP contribution is 2.23. The van der Waals surface area contributed by atoms with E-state index < -0.39 is 0 Å². The Morgan fingerprint density at radius 3 is 3.19 bits per heavy atom. The monoisotopic (exact) mass is 237 g/mol. The molecule has 1 aromatic heterocycles. The highest BCUT2D eigenvalue weighted by molar-refractivity contribution is 7.99. The minimum atomic E-state index is 0.814. The summed E-state index contributed by atoms with van der Waals surface area (Å²) in [6.07, 6.45) is 5.17. The molecule has 1 atom stereocenters. The molecule has 4 heteroatoms. The number of aryl methyl sites for hydroxylation is 1. The van der Waals surface area contributed by atoms with Crippen LogP contribution < -0.4 is 5.32 Å². The second-order valence-corrected chi connectivity index (χ2v) is 5.40. The molecule has 0 aliphatic carbocycles. The minimum absolute atomic E-state index is 0.814. The number of rotatable bonds is 5. The van der Waals surface area contributed by atoms with Crippen molar-refractivity contribution >= 4 is 17.6 Å². The Hall–Kier alpha value is -0.770. The maximum atomic E-state index is 4.25. The Labute approximate surface area is 101 Å². The zero-order valence-electron chi connectivity index (χ0n) is 9.78. The number of nitrogens with one attached hydrogen (secondary N) is 1. The van der Waals surface area contributed by atoms with Crippen molar-refractivity contribution in [2.75, 3.05) is 23.4 Å². The van der Waals surface area contributed by atoms with Crippen LogP contribution in [-0.2, 0) is 6.42 Å². The van der Waals surface area contributed by atoms with Gasteiger partial charge in [-0.15, -0.1) is 0 Å². The van der Waals surface area contributed by atoms with E-state index >= 15 is 0 Å². The first-order chi connectivity index (χ1) is 7.88. The van der Waals surface area contributed by atoms with Gasteiger partial charge in [-0.2, -0.15) is 11.8 Å². The smallest absolute Gasteiger partial charge is 0.129 e. The van der Waals surface area contributed by atoms with Gasteiger partial charge in [0.1, 0.15) is 12.1 Å².